The van der Waals surface area contributed by atoms with Gasteiger partial charge in [-0.2, -0.15) is 10.4 Å². The molecule has 0 aliphatic carbocycles. The van der Waals surface area contributed by atoms with Crippen LogP contribution in [0.3, 0.4) is 0 Å². The molecule has 1 fully saturated rings. The van der Waals surface area contributed by atoms with Crippen LogP contribution in [-0.2, 0) is 4.79 Å². The van der Waals surface area contributed by atoms with Crippen molar-refractivity contribution in [3.63, 3.8) is 0 Å². The highest BCUT2D eigenvalue weighted by molar-refractivity contribution is 7.99. The highest BCUT2D eigenvalue weighted by atomic mass is 32.2. The molecule has 35 heavy (non-hydrogen) atoms. The summed E-state index contributed by atoms with van der Waals surface area (Å²) in [6.45, 7) is 3.99. The maximum atomic E-state index is 13.8. The maximum Gasteiger partial charge on any atom is 0.256 e. The van der Waals surface area contributed by atoms with Crippen molar-refractivity contribution >= 4 is 40.3 Å². The molecule has 4 aromatic rings. The number of hydrogen-bond acceptors (Lipinski definition) is 7. The van der Waals surface area contributed by atoms with Crippen molar-refractivity contribution in [2.75, 3.05) is 16.9 Å². The number of thioether (sulfide) groups is 1. The number of pyridine rings is 1. The largest absolute Gasteiger partial charge is 0.463 e. The summed E-state index contributed by atoms with van der Waals surface area (Å²) in [5, 5.41) is 16.9. The highest BCUT2D eigenvalue weighted by Gasteiger charge is 2.36. The van der Waals surface area contributed by atoms with E-state index in [4.69, 9.17) is 14.7 Å². The topological polar surface area (TPSA) is 117 Å². The maximum absolute atomic E-state index is 13.8. The van der Waals surface area contributed by atoms with Gasteiger partial charge in [0.1, 0.15) is 11.7 Å². The molecular formula is C25H22N6O3S. The number of fused-ring (bicyclic) bond motifs is 1. The minimum absolute atomic E-state index is 0.0445. The van der Waals surface area contributed by atoms with Gasteiger partial charge in [-0.15, -0.1) is 11.8 Å². The molecule has 0 bridgehead atoms. The zero-order valence-electron chi connectivity index (χ0n) is 19.1. The summed E-state index contributed by atoms with van der Waals surface area (Å²) in [6, 6.07) is 13.3. The summed E-state index contributed by atoms with van der Waals surface area (Å²) in [5.74, 6) is 0.880. The molecule has 5 rings (SSSR count). The molecule has 1 unspecified atom stereocenters. The number of carbonyl (C=O) groups excluding carboxylic acids is 2. The Balaban J connectivity index is 1.48. The van der Waals surface area contributed by atoms with Crippen LogP contribution >= 0.6 is 11.8 Å². The highest BCUT2D eigenvalue weighted by Crippen LogP contribution is 2.30. The van der Waals surface area contributed by atoms with Crippen LogP contribution in [0.2, 0.25) is 0 Å². The Labute approximate surface area is 205 Å². The van der Waals surface area contributed by atoms with E-state index in [0.717, 1.165) is 0 Å². The van der Waals surface area contributed by atoms with E-state index < -0.39 is 6.04 Å². The minimum Gasteiger partial charge on any atom is -0.463 e. The number of aromatic nitrogens is 3. The molecule has 0 spiro atoms. The first kappa shape index (κ1) is 22.7. The second-order valence-corrected chi connectivity index (χ2v) is 9.42. The standard InChI is InChI=1S/C25H22N6O3S/c1-15(2)31-23-19(12-27-31)18(10-20(29-23)22-4-3-9-34-22)25(33)30-14-35-13-21(30)24(32)28-17-7-5-16(11-26)6-8-17/h3-10,12,15,21H,13-14H2,1-2H3,(H,28,32). The molecule has 1 aliphatic rings. The molecule has 1 saturated heterocycles. The van der Waals surface area contributed by atoms with E-state index in [2.05, 4.69) is 16.5 Å². The van der Waals surface area contributed by atoms with Crippen LogP contribution in [-0.4, -0.2) is 49.2 Å². The monoisotopic (exact) mass is 486 g/mol. The average Bonchev–Trinajstić information content (AvgIpc) is 3.63. The lowest BCUT2D eigenvalue weighted by molar-refractivity contribution is -0.119. The molecule has 4 heterocycles. The first-order valence-electron chi connectivity index (χ1n) is 11.1. The summed E-state index contributed by atoms with van der Waals surface area (Å²) in [7, 11) is 0. The van der Waals surface area contributed by atoms with E-state index in [9.17, 15) is 9.59 Å². The van der Waals surface area contributed by atoms with Crippen LogP contribution in [0.1, 0.15) is 35.8 Å². The Kier molecular flexibility index (Phi) is 6.01. The Morgan fingerprint density at radius 1 is 1.26 bits per heavy atom. The van der Waals surface area contributed by atoms with E-state index in [-0.39, 0.29) is 17.9 Å². The van der Waals surface area contributed by atoms with Crippen LogP contribution < -0.4 is 5.32 Å². The van der Waals surface area contributed by atoms with Gasteiger partial charge in [0.15, 0.2) is 11.4 Å². The molecule has 1 atom stereocenters. The third-order valence-corrected chi connectivity index (χ3v) is 6.80. The van der Waals surface area contributed by atoms with Gasteiger partial charge >= 0.3 is 0 Å². The Morgan fingerprint density at radius 2 is 2.06 bits per heavy atom. The number of nitrogens with zero attached hydrogens (tertiary/aromatic N) is 5. The third kappa shape index (κ3) is 4.26. The first-order valence-corrected chi connectivity index (χ1v) is 12.2. The molecule has 10 heteroatoms. The molecule has 0 radical (unpaired) electrons. The summed E-state index contributed by atoms with van der Waals surface area (Å²) >= 11 is 1.52. The van der Waals surface area contributed by atoms with E-state index in [1.54, 1.807) is 64.5 Å². The number of nitriles is 1. The van der Waals surface area contributed by atoms with Crippen LogP contribution in [0.5, 0.6) is 0 Å². The average molecular weight is 487 g/mol. The van der Waals surface area contributed by atoms with Crippen molar-refractivity contribution in [2.45, 2.75) is 25.9 Å². The van der Waals surface area contributed by atoms with Gasteiger partial charge in [-0.25, -0.2) is 9.67 Å². The number of rotatable bonds is 5. The number of benzene rings is 1. The summed E-state index contributed by atoms with van der Waals surface area (Å²) in [4.78, 5) is 33.2. The predicted molar refractivity (Wildman–Crippen MR) is 133 cm³/mol. The van der Waals surface area contributed by atoms with Gasteiger partial charge in [0.2, 0.25) is 5.91 Å². The smallest absolute Gasteiger partial charge is 0.256 e. The lowest BCUT2D eigenvalue weighted by atomic mass is 10.1. The summed E-state index contributed by atoms with van der Waals surface area (Å²) < 4.78 is 7.31. The molecule has 1 aromatic carbocycles. The van der Waals surface area contributed by atoms with Gasteiger partial charge in [0.05, 0.1) is 40.9 Å². The van der Waals surface area contributed by atoms with Crippen molar-refractivity contribution in [1.82, 2.24) is 19.7 Å². The fourth-order valence-corrected chi connectivity index (χ4v) is 5.15. The van der Waals surface area contributed by atoms with E-state index in [0.29, 0.717) is 50.9 Å². The number of furan rings is 1. The predicted octanol–water partition coefficient (Wildman–Crippen LogP) is 4.30. The van der Waals surface area contributed by atoms with Crippen molar-refractivity contribution in [3.8, 4) is 17.5 Å². The molecule has 1 N–H and O–H groups in total. The second kappa shape index (κ2) is 9.27. The SMILES string of the molecule is CC(C)n1ncc2c(C(=O)N3CSCC3C(=O)Nc3ccc(C#N)cc3)cc(-c3ccco3)nc21. The molecule has 3 aromatic heterocycles. The quantitative estimate of drug-likeness (QED) is 0.447. The van der Waals surface area contributed by atoms with Gasteiger partial charge in [0, 0.05) is 17.5 Å². The lowest BCUT2D eigenvalue weighted by Gasteiger charge is -2.23. The molecule has 176 valence electrons. The Hall–Kier alpha value is -4.10. The van der Waals surface area contributed by atoms with E-state index >= 15 is 0 Å². The zero-order valence-corrected chi connectivity index (χ0v) is 20.0. The van der Waals surface area contributed by atoms with Gasteiger partial charge in [-0.1, -0.05) is 0 Å². The van der Waals surface area contributed by atoms with Gasteiger partial charge in [0.25, 0.3) is 5.91 Å². The molecular weight excluding hydrogens is 464 g/mol. The van der Waals surface area contributed by atoms with Crippen LogP contribution in [0.25, 0.3) is 22.5 Å². The number of anilines is 1. The first-order chi connectivity index (χ1) is 17.0. The van der Waals surface area contributed by atoms with E-state index in [1.807, 2.05) is 13.8 Å². The van der Waals surface area contributed by atoms with Crippen molar-refractivity contribution in [2.24, 2.45) is 0 Å². The number of nitrogens with one attached hydrogen (secondary N) is 1. The van der Waals surface area contributed by atoms with Gasteiger partial charge in [-0.05, 0) is 56.3 Å². The zero-order chi connectivity index (χ0) is 24.5. The summed E-state index contributed by atoms with van der Waals surface area (Å²) in [5.41, 5.74) is 2.61. The molecule has 0 saturated carbocycles. The van der Waals surface area contributed by atoms with Crippen LogP contribution in [0.4, 0.5) is 5.69 Å². The summed E-state index contributed by atoms with van der Waals surface area (Å²) in [6.07, 6.45) is 3.21. The Bertz CT molecular complexity index is 1440. The van der Waals surface area contributed by atoms with Crippen molar-refractivity contribution in [1.29, 1.82) is 5.26 Å². The third-order valence-electron chi connectivity index (χ3n) is 5.79. The normalized spacial score (nSPS) is 15.5. The molecule has 2 amide bonds. The molecule has 9 nitrogen and oxygen atoms in total. The van der Waals surface area contributed by atoms with Crippen molar-refractivity contribution < 1.29 is 14.0 Å². The lowest BCUT2D eigenvalue weighted by Crippen LogP contribution is -2.44. The fourth-order valence-electron chi connectivity index (χ4n) is 3.99. The van der Waals surface area contributed by atoms with Crippen LogP contribution in [0, 0.1) is 11.3 Å². The Morgan fingerprint density at radius 3 is 2.74 bits per heavy atom. The minimum atomic E-state index is -0.640. The number of amides is 2. The second-order valence-electron chi connectivity index (χ2n) is 8.42. The fraction of sp³-hybridized carbons (Fsp3) is 0.240. The van der Waals surface area contributed by atoms with E-state index in [1.165, 1.54) is 11.8 Å². The van der Waals surface area contributed by atoms with Crippen LogP contribution in [0.15, 0.2) is 59.3 Å². The number of hydrogen-bond donors (Lipinski definition) is 1. The van der Waals surface area contributed by atoms with Crippen molar-refractivity contribution in [3.05, 3.63) is 66.1 Å². The number of carbonyl (C=O) groups is 2. The molecule has 1 aliphatic heterocycles. The van der Waals surface area contributed by atoms with Gasteiger partial charge < -0.3 is 14.6 Å². The van der Waals surface area contributed by atoms with Gasteiger partial charge in [-0.3, -0.25) is 9.59 Å².